The first-order valence-electron chi connectivity index (χ1n) is 10.8. The van der Waals surface area contributed by atoms with Crippen LogP contribution in [0.4, 0.5) is 18.9 Å². The van der Waals surface area contributed by atoms with Crippen molar-refractivity contribution in [3.63, 3.8) is 0 Å². The van der Waals surface area contributed by atoms with Crippen LogP contribution in [0, 0.1) is 5.92 Å². The molecule has 0 aromatic heterocycles. The number of alkyl halides is 3. The van der Waals surface area contributed by atoms with Crippen LogP contribution in [0.15, 0.2) is 83.8 Å². The number of halogens is 3. The summed E-state index contributed by atoms with van der Waals surface area (Å²) in [7, 11) is -3.69. The maximum atomic E-state index is 13.0. The van der Waals surface area contributed by atoms with Crippen LogP contribution in [0.1, 0.15) is 18.4 Å². The van der Waals surface area contributed by atoms with Crippen LogP contribution in [0.25, 0.3) is 11.1 Å². The van der Waals surface area contributed by atoms with Gasteiger partial charge in [0.05, 0.1) is 10.5 Å². The zero-order chi connectivity index (χ0) is 24.3. The minimum absolute atomic E-state index is 0.188. The number of carbonyl (C=O) groups excluding carboxylic acids is 1. The Kier molecular flexibility index (Phi) is 6.77. The van der Waals surface area contributed by atoms with Gasteiger partial charge in [0.15, 0.2) is 0 Å². The molecule has 1 N–H and O–H groups in total. The largest absolute Gasteiger partial charge is 0.416 e. The van der Waals surface area contributed by atoms with Gasteiger partial charge in [-0.05, 0) is 60.4 Å². The number of amides is 1. The lowest BCUT2D eigenvalue weighted by Gasteiger charge is -2.30. The van der Waals surface area contributed by atoms with Crippen LogP contribution in [0.5, 0.6) is 0 Å². The molecule has 1 fully saturated rings. The average molecular weight is 489 g/mol. The second-order valence-electron chi connectivity index (χ2n) is 8.13. The topological polar surface area (TPSA) is 66.5 Å². The first kappa shape index (κ1) is 24.0. The highest BCUT2D eigenvalue weighted by molar-refractivity contribution is 7.89. The quantitative estimate of drug-likeness (QED) is 0.522. The van der Waals surface area contributed by atoms with Crippen LogP contribution >= 0.6 is 0 Å². The summed E-state index contributed by atoms with van der Waals surface area (Å²) < 4.78 is 65.5. The van der Waals surface area contributed by atoms with Crippen LogP contribution in [0.2, 0.25) is 0 Å². The van der Waals surface area contributed by atoms with Crippen molar-refractivity contribution in [3.8, 4) is 11.1 Å². The summed E-state index contributed by atoms with van der Waals surface area (Å²) in [5.74, 6) is -0.752. The van der Waals surface area contributed by atoms with Gasteiger partial charge in [0.2, 0.25) is 15.9 Å². The van der Waals surface area contributed by atoms with Gasteiger partial charge in [-0.3, -0.25) is 4.79 Å². The van der Waals surface area contributed by atoms with E-state index in [1.54, 1.807) is 24.3 Å². The van der Waals surface area contributed by atoms with E-state index in [0.717, 1.165) is 23.3 Å². The molecule has 0 aliphatic carbocycles. The summed E-state index contributed by atoms with van der Waals surface area (Å²) in [4.78, 5) is 12.7. The van der Waals surface area contributed by atoms with E-state index in [1.807, 2.05) is 30.3 Å². The predicted molar refractivity (Wildman–Crippen MR) is 123 cm³/mol. The van der Waals surface area contributed by atoms with Crippen molar-refractivity contribution in [3.05, 3.63) is 84.4 Å². The molecule has 34 heavy (non-hydrogen) atoms. The Morgan fingerprint density at radius 2 is 1.38 bits per heavy atom. The van der Waals surface area contributed by atoms with E-state index in [1.165, 1.54) is 16.4 Å². The number of hydrogen-bond acceptors (Lipinski definition) is 3. The molecular formula is C25H23F3N2O3S. The molecule has 0 spiro atoms. The summed E-state index contributed by atoms with van der Waals surface area (Å²) in [6.45, 7) is 0.377. The molecule has 1 amide bonds. The standard InChI is InChI=1S/C25H23F3N2O3S/c26-25(27,28)21-8-10-22(11-9-21)29-24(31)20-14-16-30(17-15-20)34(32,33)23-12-6-19(7-13-23)18-4-2-1-3-5-18/h1-13,20H,14-17H2,(H,29,31). The molecular weight excluding hydrogens is 465 g/mol. The van der Waals surface area contributed by atoms with Gasteiger partial charge in [0.25, 0.3) is 0 Å². The van der Waals surface area contributed by atoms with Crippen LogP contribution < -0.4 is 5.32 Å². The summed E-state index contributed by atoms with van der Waals surface area (Å²) >= 11 is 0. The first-order valence-corrected chi connectivity index (χ1v) is 12.2. The fourth-order valence-electron chi connectivity index (χ4n) is 3.94. The zero-order valence-electron chi connectivity index (χ0n) is 18.1. The molecule has 1 aliphatic heterocycles. The van der Waals surface area contributed by atoms with Gasteiger partial charge in [0.1, 0.15) is 0 Å². The Labute approximate surface area is 196 Å². The Morgan fingerprint density at radius 1 is 0.824 bits per heavy atom. The van der Waals surface area contributed by atoms with Gasteiger partial charge in [-0.1, -0.05) is 42.5 Å². The highest BCUT2D eigenvalue weighted by atomic mass is 32.2. The third-order valence-electron chi connectivity index (χ3n) is 5.90. The number of rotatable bonds is 5. The summed E-state index contributed by atoms with van der Waals surface area (Å²) in [6, 6.07) is 20.6. The Morgan fingerprint density at radius 3 is 1.94 bits per heavy atom. The Hall–Kier alpha value is -3.17. The predicted octanol–water partition coefficient (Wildman–Crippen LogP) is 5.41. The average Bonchev–Trinajstić information content (AvgIpc) is 2.84. The van der Waals surface area contributed by atoms with E-state index in [9.17, 15) is 26.4 Å². The normalized spacial score (nSPS) is 15.7. The van der Waals surface area contributed by atoms with Gasteiger partial charge in [-0.15, -0.1) is 0 Å². The molecule has 3 aromatic rings. The Bertz CT molecular complexity index is 1240. The molecule has 3 aromatic carbocycles. The van der Waals surface area contributed by atoms with Crippen LogP contribution in [0.3, 0.4) is 0 Å². The highest BCUT2D eigenvalue weighted by Crippen LogP contribution is 2.30. The lowest BCUT2D eigenvalue weighted by atomic mass is 9.97. The fourth-order valence-corrected chi connectivity index (χ4v) is 5.41. The number of carbonyl (C=O) groups is 1. The monoisotopic (exact) mass is 488 g/mol. The zero-order valence-corrected chi connectivity index (χ0v) is 18.9. The summed E-state index contributed by atoms with van der Waals surface area (Å²) in [5.41, 5.74) is 1.39. The van der Waals surface area contributed by atoms with E-state index in [0.29, 0.717) is 12.8 Å². The van der Waals surface area contributed by atoms with Crippen molar-refractivity contribution in [1.82, 2.24) is 4.31 Å². The molecule has 178 valence electrons. The lowest BCUT2D eigenvalue weighted by Crippen LogP contribution is -2.41. The van der Waals surface area contributed by atoms with Crippen LogP contribution in [-0.4, -0.2) is 31.7 Å². The molecule has 1 saturated heterocycles. The van der Waals surface area contributed by atoms with Gasteiger partial charge in [-0.2, -0.15) is 17.5 Å². The lowest BCUT2D eigenvalue weighted by molar-refractivity contribution is -0.137. The maximum absolute atomic E-state index is 13.0. The molecule has 0 bridgehead atoms. The number of nitrogens with one attached hydrogen (secondary N) is 1. The van der Waals surface area contributed by atoms with Crippen molar-refractivity contribution >= 4 is 21.6 Å². The highest BCUT2D eigenvalue weighted by Gasteiger charge is 2.33. The van der Waals surface area contributed by atoms with Gasteiger partial charge >= 0.3 is 6.18 Å². The minimum Gasteiger partial charge on any atom is -0.326 e. The third-order valence-corrected chi connectivity index (χ3v) is 7.82. The second-order valence-corrected chi connectivity index (χ2v) is 10.1. The molecule has 0 saturated carbocycles. The van der Waals surface area contributed by atoms with E-state index < -0.39 is 27.7 Å². The second kappa shape index (κ2) is 9.60. The fraction of sp³-hybridized carbons (Fsp3) is 0.240. The maximum Gasteiger partial charge on any atom is 0.416 e. The summed E-state index contributed by atoms with van der Waals surface area (Å²) in [6.07, 6.45) is -3.79. The minimum atomic E-state index is -4.44. The number of anilines is 1. The van der Waals surface area contributed by atoms with Crippen molar-refractivity contribution in [1.29, 1.82) is 0 Å². The molecule has 1 heterocycles. The van der Waals surface area contributed by atoms with Crippen molar-refractivity contribution < 1.29 is 26.4 Å². The molecule has 0 radical (unpaired) electrons. The molecule has 0 atom stereocenters. The number of sulfonamides is 1. The first-order chi connectivity index (χ1) is 16.1. The van der Waals surface area contributed by atoms with Crippen molar-refractivity contribution in [2.45, 2.75) is 23.9 Å². The van der Waals surface area contributed by atoms with Crippen LogP contribution in [-0.2, 0) is 21.0 Å². The third kappa shape index (κ3) is 5.31. The summed E-state index contributed by atoms with van der Waals surface area (Å²) in [5, 5.41) is 2.62. The Balaban J connectivity index is 1.35. The number of benzene rings is 3. The number of hydrogen-bond donors (Lipinski definition) is 1. The molecule has 4 rings (SSSR count). The number of piperidine rings is 1. The van der Waals surface area contributed by atoms with Gasteiger partial charge < -0.3 is 5.32 Å². The molecule has 1 aliphatic rings. The number of nitrogens with zero attached hydrogens (tertiary/aromatic N) is 1. The molecule has 9 heteroatoms. The van der Waals surface area contributed by atoms with E-state index in [-0.39, 0.29) is 29.6 Å². The van der Waals surface area contributed by atoms with Gasteiger partial charge in [-0.25, -0.2) is 8.42 Å². The van der Waals surface area contributed by atoms with Crippen molar-refractivity contribution in [2.24, 2.45) is 5.92 Å². The smallest absolute Gasteiger partial charge is 0.326 e. The van der Waals surface area contributed by atoms with E-state index >= 15 is 0 Å². The van der Waals surface area contributed by atoms with Crippen molar-refractivity contribution in [2.75, 3.05) is 18.4 Å². The molecule has 0 unspecified atom stereocenters. The SMILES string of the molecule is O=C(Nc1ccc(C(F)(F)F)cc1)C1CCN(S(=O)(=O)c2ccc(-c3ccccc3)cc2)CC1. The van der Waals surface area contributed by atoms with E-state index in [2.05, 4.69) is 5.32 Å². The molecule has 5 nitrogen and oxygen atoms in total. The van der Waals surface area contributed by atoms with E-state index in [4.69, 9.17) is 0 Å². The van der Waals surface area contributed by atoms with Gasteiger partial charge in [0, 0.05) is 24.7 Å².